The summed E-state index contributed by atoms with van der Waals surface area (Å²) < 4.78 is 64.3. The van der Waals surface area contributed by atoms with Crippen LogP contribution in [0.3, 0.4) is 0 Å². The highest BCUT2D eigenvalue weighted by molar-refractivity contribution is 5.69. The molecule has 2 fully saturated rings. The zero-order valence-corrected chi connectivity index (χ0v) is 21.6. The summed E-state index contributed by atoms with van der Waals surface area (Å²) >= 11 is 0. The van der Waals surface area contributed by atoms with Crippen LogP contribution < -0.4 is 37.9 Å². The number of rotatable bonds is 7. The average Bonchev–Trinajstić information content (AvgIpc) is 3.69. The van der Waals surface area contributed by atoms with Crippen molar-refractivity contribution >= 4 is 5.97 Å². The fraction of sp³-hybridized carbons (Fsp3) is 0.500. The van der Waals surface area contributed by atoms with E-state index in [4.69, 9.17) is 52.1 Å². The molecule has 0 bridgehead atoms. The Morgan fingerprint density at radius 1 is 0.816 bits per heavy atom. The molecule has 204 valence electrons. The SMILES string of the molecule is COc1cc2c(c(OC)c1[C@H]1OC[C@]3(OC(C)=O)[C@@H](c4c(OC)cc5c(c4OC)OCO5)OC[C@H]13)OCO2. The molecule has 6 rings (SSSR count). The van der Waals surface area contributed by atoms with Crippen LogP contribution in [0.1, 0.15) is 30.3 Å². The number of carbonyl (C=O) groups is 1. The smallest absolute Gasteiger partial charge is 0.303 e. The van der Waals surface area contributed by atoms with E-state index in [1.54, 1.807) is 19.2 Å². The lowest BCUT2D eigenvalue weighted by Crippen LogP contribution is -2.44. The van der Waals surface area contributed by atoms with E-state index < -0.39 is 29.7 Å². The minimum absolute atomic E-state index is 0.0219. The summed E-state index contributed by atoms with van der Waals surface area (Å²) in [7, 11) is 6.12. The molecule has 2 aromatic rings. The van der Waals surface area contributed by atoms with Gasteiger partial charge in [0, 0.05) is 19.1 Å². The van der Waals surface area contributed by atoms with Gasteiger partial charge in [0.2, 0.25) is 25.1 Å². The molecular formula is C26H28O12. The number of methoxy groups -OCH3 is 4. The number of esters is 1. The summed E-state index contributed by atoms with van der Waals surface area (Å²) in [5, 5.41) is 0. The molecule has 0 saturated carbocycles. The van der Waals surface area contributed by atoms with Gasteiger partial charge < -0.3 is 52.1 Å². The van der Waals surface area contributed by atoms with Crippen molar-refractivity contribution < 1.29 is 56.9 Å². The average molecular weight is 532 g/mol. The molecule has 0 spiro atoms. The van der Waals surface area contributed by atoms with Gasteiger partial charge in [-0.1, -0.05) is 0 Å². The van der Waals surface area contributed by atoms with Crippen molar-refractivity contribution in [3.05, 3.63) is 23.3 Å². The highest BCUT2D eigenvalue weighted by Gasteiger charge is 2.65. The van der Waals surface area contributed by atoms with Crippen LogP contribution in [0, 0.1) is 5.92 Å². The summed E-state index contributed by atoms with van der Waals surface area (Å²) in [5.74, 6) is 2.61. The van der Waals surface area contributed by atoms with E-state index in [2.05, 4.69) is 0 Å². The van der Waals surface area contributed by atoms with E-state index >= 15 is 0 Å². The maximum atomic E-state index is 12.5. The molecule has 0 aliphatic carbocycles. The Balaban J connectivity index is 1.49. The number of hydrogen-bond acceptors (Lipinski definition) is 12. The minimum Gasteiger partial charge on any atom is -0.496 e. The molecule has 0 radical (unpaired) electrons. The van der Waals surface area contributed by atoms with Gasteiger partial charge in [-0.2, -0.15) is 0 Å². The van der Waals surface area contributed by atoms with Crippen LogP contribution in [0.25, 0.3) is 0 Å². The first-order valence-electron chi connectivity index (χ1n) is 12.0. The third-order valence-electron chi connectivity index (χ3n) is 7.34. The summed E-state index contributed by atoms with van der Waals surface area (Å²) in [6.45, 7) is 1.65. The number of fused-ring (bicyclic) bond motifs is 3. The van der Waals surface area contributed by atoms with Gasteiger partial charge in [0.15, 0.2) is 28.6 Å². The molecule has 4 atom stereocenters. The van der Waals surface area contributed by atoms with Gasteiger partial charge >= 0.3 is 5.97 Å². The van der Waals surface area contributed by atoms with Crippen molar-refractivity contribution in [2.24, 2.45) is 5.92 Å². The van der Waals surface area contributed by atoms with E-state index in [1.165, 1.54) is 28.3 Å². The van der Waals surface area contributed by atoms with Crippen molar-refractivity contribution in [1.82, 2.24) is 0 Å². The predicted molar refractivity (Wildman–Crippen MR) is 127 cm³/mol. The van der Waals surface area contributed by atoms with Gasteiger partial charge in [0.1, 0.15) is 17.6 Å². The van der Waals surface area contributed by atoms with Gasteiger partial charge in [-0.15, -0.1) is 0 Å². The Bertz CT molecular complexity index is 1280. The Kier molecular flexibility index (Phi) is 5.95. The highest BCUT2D eigenvalue weighted by Crippen LogP contribution is 2.63. The topological polar surface area (TPSA) is 119 Å². The molecule has 4 aliphatic rings. The number of benzene rings is 2. The van der Waals surface area contributed by atoms with Crippen molar-refractivity contribution in [2.75, 3.05) is 55.2 Å². The van der Waals surface area contributed by atoms with Gasteiger partial charge in [-0.05, 0) is 0 Å². The molecule has 12 heteroatoms. The van der Waals surface area contributed by atoms with Gasteiger partial charge in [-0.25, -0.2) is 0 Å². The molecule has 12 nitrogen and oxygen atoms in total. The minimum atomic E-state index is -1.24. The first-order valence-corrected chi connectivity index (χ1v) is 12.0. The first-order chi connectivity index (χ1) is 18.5. The zero-order chi connectivity index (χ0) is 26.6. The maximum Gasteiger partial charge on any atom is 0.303 e. The van der Waals surface area contributed by atoms with Crippen LogP contribution in [-0.4, -0.2) is 66.8 Å². The van der Waals surface area contributed by atoms with Gasteiger partial charge in [0.25, 0.3) is 0 Å². The Morgan fingerprint density at radius 3 is 1.95 bits per heavy atom. The lowest BCUT2D eigenvalue weighted by atomic mass is 9.79. The first kappa shape index (κ1) is 24.6. The van der Waals surface area contributed by atoms with Crippen molar-refractivity contribution in [3.8, 4) is 46.0 Å². The summed E-state index contributed by atoms with van der Waals surface area (Å²) in [6, 6.07) is 3.43. The van der Waals surface area contributed by atoms with Crippen LogP contribution in [0.4, 0.5) is 0 Å². The van der Waals surface area contributed by atoms with Gasteiger partial charge in [-0.3, -0.25) is 4.79 Å². The van der Waals surface area contributed by atoms with Crippen molar-refractivity contribution in [3.63, 3.8) is 0 Å². The Labute approximate surface area is 218 Å². The predicted octanol–water partition coefficient (Wildman–Crippen LogP) is 2.94. The monoisotopic (exact) mass is 532 g/mol. The van der Waals surface area contributed by atoms with Crippen molar-refractivity contribution in [2.45, 2.75) is 24.7 Å². The number of carbonyl (C=O) groups excluding carboxylic acids is 1. The Hall–Kier alpha value is -3.77. The lowest BCUT2D eigenvalue weighted by molar-refractivity contribution is -0.167. The van der Waals surface area contributed by atoms with Crippen LogP contribution in [0.5, 0.6) is 46.0 Å². The second-order valence-corrected chi connectivity index (χ2v) is 9.12. The van der Waals surface area contributed by atoms with Crippen LogP contribution in [0.15, 0.2) is 12.1 Å². The van der Waals surface area contributed by atoms with Crippen LogP contribution in [0.2, 0.25) is 0 Å². The Morgan fingerprint density at radius 2 is 1.39 bits per heavy atom. The molecule has 2 saturated heterocycles. The fourth-order valence-electron chi connectivity index (χ4n) is 5.85. The molecule has 0 unspecified atom stereocenters. The lowest BCUT2D eigenvalue weighted by Gasteiger charge is -2.33. The van der Waals surface area contributed by atoms with E-state index in [0.29, 0.717) is 57.1 Å². The molecule has 4 aliphatic heterocycles. The fourth-order valence-corrected chi connectivity index (χ4v) is 5.85. The molecule has 4 heterocycles. The summed E-state index contributed by atoms with van der Waals surface area (Å²) in [5.41, 5.74) is -0.110. The standard InChI is InChI=1S/C26H28O12/c1-12(27)38-26-9-33-20(18-14(28-2)6-16-21(23(18)30-4)36-10-34-16)13(26)8-32-25(26)19-15(29-3)7-17-22(24(19)31-5)37-11-35-17/h6-7,13,20,25H,8-11H2,1-5H3/t13-,20+,25-,26-/m1/s1. The quantitative estimate of drug-likeness (QED) is 0.488. The molecule has 2 aromatic carbocycles. The maximum absolute atomic E-state index is 12.5. The van der Waals surface area contributed by atoms with E-state index in [9.17, 15) is 4.79 Å². The molecule has 38 heavy (non-hydrogen) atoms. The van der Waals surface area contributed by atoms with E-state index in [0.717, 1.165) is 0 Å². The normalized spacial score (nSPS) is 26.2. The van der Waals surface area contributed by atoms with Gasteiger partial charge in [0.05, 0.1) is 64.8 Å². The number of ether oxygens (including phenoxy) is 11. The van der Waals surface area contributed by atoms with Crippen LogP contribution in [-0.2, 0) is 19.0 Å². The van der Waals surface area contributed by atoms with E-state index in [-0.39, 0.29) is 26.8 Å². The second-order valence-electron chi connectivity index (χ2n) is 9.12. The molecule has 0 N–H and O–H groups in total. The molecule has 0 aromatic heterocycles. The van der Waals surface area contributed by atoms with Crippen molar-refractivity contribution in [1.29, 1.82) is 0 Å². The second kappa shape index (κ2) is 9.21. The largest absolute Gasteiger partial charge is 0.496 e. The third-order valence-corrected chi connectivity index (χ3v) is 7.34. The summed E-state index contributed by atoms with van der Waals surface area (Å²) in [6.07, 6.45) is -1.45. The highest BCUT2D eigenvalue weighted by atomic mass is 16.7. The number of hydrogen-bond donors (Lipinski definition) is 0. The van der Waals surface area contributed by atoms with Crippen LogP contribution >= 0.6 is 0 Å². The zero-order valence-electron chi connectivity index (χ0n) is 21.6. The van der Waals surface area contributed by atoms with E-state index in [1.807, 2.05) is 0 Å². The summed E-state index contributed by atoms with van der Waals surface area (Å²) in [4.78, 5) is 12.5. The molecule has 0 amide bonds. The molecular weight excluding hydrogens is 504 g/mol. The third kappa shape index (κ3) is 3.39.